The van der Waals surface area contributed by atoms with Gasteiger partial charge < -0.3 is 10.2 Å². The van der Waals surface area contributed by atoms with Crippen LogP contribution in [0.25, 0.3) is 0 Å². The molecule has 2 aliphatic rings. The van der Waals surface area contributed by atoms with Crippen LogP contribution >= 0.6 is 0 Å². The van der Waals surface area contributed by atoms with Gasteiger partial charge in [-0.3, -0.25) is 4.79 Å². The molecule has 0 radical (unpaired) electrons. The Morgan fingerprint density at radius 1 is 0.939 bits per heavy atom. The highest BCUT2D eigenvalue weighted by molar-refractivity contribution is 7.90. The highest BCUT2D eigenvalue weighted by Crippen LogP contribution is 2.29. The lowest BCUT2D eigenvalue weighted by Gasteiger charge is -2.31. The van der Waals surface area contributed by atoms with Gasteiger partial charge in [0.25, 0.3) is 0 Å². The van der Waals surface area contributed by atoms with E-state index in [2.05, 4.69) is 51.3 Å². The fourth-order valence-corrected chi connectivity index (χ4v) is 5.61. The molecule has 1 fully saturated rings. The molecule has 2 aromatic rings. The first-order valence-corrected chi connectivity index (χ1v) is 13.4. The Bertz CT molecular complexity index is 1080. The Morgan fingerprint density at radius 3 is 2.21 bits per heavy atom. The third-order valence-electron chi connectivity index (χ3n) is 6.86. The van der Waals surface area contributed by atoms with Gasteiger partial charge in [0.1, 0.15) is 0 Å². The minimum absolute atomic E-state index is 0.0202. The molecule has 178 valence electrons. The van der Waals surface area contributed by atoms with Crippen LogP contribution in [-0.4, -0.2) is 31.7 Å². The molecular formula is C26H35N3O3S. The molecule has 1 aliphatic heterocycles. The summed E-state index contributed by atoms with van der Waals surface area (Å²) in [6.45, 7) is 6.99. The summed E-state index contributed by atoms with van der Waals surface area (Å²) in [5.41, 5.74) is 4.77. The standard InChI is InChI=1S/C26H35N3O3S/c1-26(2,3)33(31,32)28-23-10-8-20(9-11-23)25(30)27-22-12-14-24(15-13-22)29-17-16-19-6-4-5-7-21(19)18-29/h4-7,12-15,20,23,28H,8-11,16-18H2,1-3H3,(H,27,30). The summed E-state index contributed by atoms with van der Waals surface area (Å²) in [5, 5.41) is 3.05. The van der Waals surface area contributed by atoms with E-state index in [1.807, 2.05) is 12.1 Å². The van der Waals surface area contributed by atoms with Gasteiger partial charge in [-0.15, -0.1) is 0 Å². The van der Waals surface area contributed by atoms with Gasteiger partial charge >= 0.3 is 0 Å². The molecule has 1 heterocycles. The number of nitrogens with zero attached hydrogens (tertiary/aromatic N) is 1. The number of carbonyl (C=O) groups is 1. The van der Waals surface area contributed by atoms with Crippen molar-refractivity contribution in [2.24, 2.45) is 5.92 Å². The minimum Gasteiger partial charge on any atom is -0.367 e. The summed E-state index contributed by atoms with van der Waals surface area (Å²) >= 11 is 0. The van der Waals surface area contributed by atoms with Gasteiger partial charge in [0, 0.05) is 36.4 Å². The number of benzene rings is 2. The normalized spacial score (nSPS) is 21.4. The number of carbonyl (C=O) groups excluding carboxylic acids is 1. The summed E-state index contributed by atoms with van der Waals surface area (Å²) < 4.78 is 26.8. The predicted molar refractivity (Wildman–Crippen MR) is 134 cm³/mol. The van der Waals surface area contributed by atoms with Gasteiger partial charge in [0.15, 0.2) is 0 Å². The van der Waals surface area contributed by atoms with Crippen molar-refractivity contribution in [2.75, 3.05) is 16.8 Å². The fourth-order valence-electron chi connectivity index (χ4n) is 4.59. The number of anilines is 2. The Hall–Kier alpha value is -2.38. The lowest BCUT2D eigenvalue weighted by Crippen LogP contribution is -2.46. The smallest absolute Gasteiger partial charge is 0.227 e. The molecule has 0 spiro atoms. The van der Waals surface area contributed by atoms with E-state index in [-0.39, 0.29) is 17.9 Å². The molecule has 0 aromatic heterocycles. The molecule has 33 heavy (non-hydrogen) atoms. The second kappa shape index (κ2) is 9.47. The molecule has 2 aromatic carbocycles. The van der Waals surface area contributed by atoms with E-state index in [1.54, 1.807) is 20.8 Å². The van der Waals surface area contributed by atoms with Crippen LogP contribution in [-0.2, 0) is 27.8 Å². The van der Waals surface area contributed by atoms with E-state index >= 15 is 0 Å². The van der Waals surface area contributed by atoms with E-state index in [0.29, 0.717) is 25.7 Å². The largest absolute Gasteiger partial charge is 0.367 e. The zero-order valence-electron chi connectivity index (χ0n) is 19.8. The van der Waals surface area contributed by atoms with Crippen LogP contribution in [0.1, 0.15) is 57.6 Å². The van der Waals surface area contributed by atoms with Crippen molar-refractivity contribution in [1.82, 2.24) is 4.72 Å². The Balaban J connectivity index is 1.28. The highest BCUT2D eigenvalue weighted by Gasteiger charge is 2.34. The topological polar surface area (TPSA) is 78.5 Å². The van der Waals surface area contributed by atoms with E-state index in [4.69, 9.17) is 0 Å². The zero-order valence-corrected chi connectivity index (χ0v) is 20.6. The van der Waals surface area contributed by atoms with E-state index in [0.717, 1.165) is 30.9 Å². The van der Waals surface area contributed by atoms with Gasteiger partial charge in [-0.25, -0.2) is 13.1 Å². The van der Waals surface area contributed by atoms with Crippen molar-refractivity contribution in [2.45, 2.75) is 70.2 Å². The van der Waals surface area contributed by atoms with Gasteiger partial charge in [-0.2, -0.15) is 0 Å². The van der Waals surface area contributed by atoms with Gasteiger partial charge in [-0.1, -0.05) is 24.3 Å². The number of amides is 1. The summed E-state index contributed by atoms with van der Waals surface area (Å²) in [7, 11) is -3.37. The fraction of sp³-hybridized carbons (Fsp3) is 0.500. The van der Waals surface area contributed by atoms with Crippen LogP contribution in [0.2, 0.25) is 0 Å². The molecule has 0 unspecified atom stereocenters. The van der Waals surface area contributed by atoms with Crippen LogP contribution in [0.4, 0.5) is 11.4 Å². The predicted octanol–water partition coefficient (Wildman–Crippen LogP) is 4.46. The number of hydrogen-bond acceptors (Lipinski definition) is 4. The second-order valence-corrected chi connectivity index (χ2v) is 12.7. The van der Waals surface area contributed by atoms with Crippen LogP contribution < -0.4 is 14.9 Å². The SMILES string of the molecule is CC(C)(C)S(=O)(=O)NC1CCC(C(=O)Nc2ccc(N3CCc4ccccc4C3)cc2)CC1. The molecule has 0 atom stereocenters. The Kier molecular flexibility index (Phi) is 6.82. The first-order chi connectivity index (χ1) is 15.6. The minimum atomic E-state index is -3.37. The van der Waals surface area contributed by atoms with Gasteiger partial charge in [-0.05, 0) is 88.3 Å². The van der Waals surface area contributed by atoms with Crippen LogP contribution in [0.5, 0.6) is 0 Å². The molecule has 6 nitrogen and oxygen atoms in total. The van der Waals surface area contributed by atoms with Crippen LogP contribution in [0, 0.1) is 5.92 Å². The van der Waals surface area contributed by atoms with Crippen LogP contribution in [0.15, 0.2) is 48.5 Å². The molecule has 0 bridgehead atoms. The maximum absolute atomic E-state index is 12.8. The Labute approximate surface area is 197 Å². The van der Waals surface area contributed by atoms with Crippen molar-refractivity contribution in [3.8, 4) is 0 Å². The third kappa shape index (κ3) is 5.58. The molecular weight excluding hydrogens is 434 g/mol. The number of fused-ring (bicyclic) bond motifs is 1. The number of hydrogen-bond donors (Lipinski definition) is 2. The van der Waals surface area contributed by atoms with E-state index in [1.165, 1.54) is 11.1 Å². The molecule has 2 N–H and O–H groups in total. The molecule has 1 aliphatic carbocycles. The third-order valence-corrected chi connectivity index (χ3v) is 9.11. The lowest BCUT2D eigenvalue weighted by atomic mass is 9.86. The summed E-state index contributed by atoms with van der Waals surface area (Å²) in [6, 6.07) is 16.6. The van der Waals surface area contributed by atoms with Gasteiger partial charge in [0.05, 0.1) is 4.75 Å². The van der Waals surface area contributed by atoms with Crippen molar-refractivity contribution >= 4 is 27.3 Å². The van der Waals surface area contributed by atoms with Crippen LogP contribution in [0.3, 0.4) is 0 Å². The van der Waals surface area contributed by atoms with E-state index in [9.17, 15) is 13.2 Å². The highest BCUT2D eigenvalue weighted by atomic mass is 32.2. The van der Waals surface area contributed by atoms with Crippen molar-refractivity contribution < 1.29 is 13.2 Å². The number of sulfonamides is 1. The average Bonchev–Trinajstić information content (AvgIpc) is 2.79. The monoisotopic (exact) mass is 469 g/mol. The van der Waals surface area contributed by atoms with E-state index < -0.39 is 14.8 Å². The molecule has 1 saturated carbocycles. The molecule has 7 heteroatoms. The maximum atomic E-state index is 12.8. The number of rotatable bonds is 5. The quantitative estimate of drug-likeness (QED) is 0.678. The lowest BCUT2D eigenvalue weighted by molar-refractivity contribution is -0.120. The second-order valence-electron chi connectivity index (χ2n) is 10.3. The molecule has 1 amide bonds. The Morgan fingerprint density at radius 2 is 1.58 bits per heavy atom. The molecule has 4 rings (SSSR count). The maximum Gasteiger partial charge on any atom is 0.227 e. The van der Waals surface area contributed by atoms with Crippen molar-refractivity contribution in [1.29, 1.82) is 0 Å². The molecule has 0 saturated heterocycles. The summed E-state index contributed by atoms with van der Waals surface area (Å²) in [6.07, 6.45) is 3.79. The summed E-state index contributed by atoms with van der Waals surface area (Å²) in [4.78, 5) is 15.2. The van der Waals surface area contributed by atoms with Gasteiger partial charge in [0.2, 0.25) is 15.9 Å². The first kappa shape index (κ1) is 23.8. The number of nitrogens with one attached hydrogen (secondary N) is 2. The zero-order chi connectivity index (χ0) is 23.6. The van der Waals surface area contributed by atoms with Crippen molar-refractivity contribution in [3.63, 3.8) is 0 Å². The first-order valence-electron chi connectivity index (χ1n) is 11.9. The van der Waals surface area contributed by atoms with Crippen molar-refractivity contribution in [3.05, 3.63) is 59.7 Å². The average molecular weight is 470 g/mol. The summed E-state index contributed by atoms with van der Waals surface area (Å²) in [5.74, 6) is -0.0644.